The van der Waals surface area contributed by atoms with Crippen LogP contribution in [0.5, 0.6) is 0 Å². The van der Waals surface area contributed by atoms with Gasteiger partial charge in [0.15, 0.2) is 0 Å². The Morgan fingerprint density at radius 1 is 1.32 bits per heavy atom. The van der Waals surface area contributed by atoms with Gasteiger partial charge < -0.3 is 14.4 Å². The summed E-state index contributed by atoms with van der Waals surface area (Å²) in [5.74, 6) is 1.03. The number of aromatic nitrogens is 2. The van der Waals surface area contributed by atoms with E-state index in [4.69, 9.17) is 21.1 Å². The van der Waals surface area contributed by atoms with Crippen LogP contribution in [0, 0.1) is 5.92 Å². The van der Waals surface area contributed by atoms with Gasteiger partial charge in [0.1, 0.15) is 11.4 Å². The van der Waals surface area contributed by atoms with Gasteiger partial charge >= 0.3 is 5.97 Å². The van der Waals surface area contributed by atoms with Crippen molar-refractivity contribution in [3.63, 3.8) is 0 Å². The van der Waals surface area contributed by atoms with Crippen molar-refractivity contribution in [1.82, 2.24) is 9.97 Å². The molecule has 2 aliphatic rings. The highest BCUT2D eigenvalue weighted by Crippen LogP contribution is 2.33. The molecule has 0 saturated carbocycles. The molecule has 1 aromatic heterocycles. The molecule has 1 aromatic rings. The summed E-state index contributed by atoms with van der Waals surface area (Å²) in [7, 11) is 0. The topological polar surface area (TPSA) is 64.5 Å². The number of hydrogen-bond acceptors (Lipinski definition) is 6. The number of rotatable bonds is 3. The summed E-state index contributed by atoms with van der Waals surface area (Å²) in [5, 5.41) is 0.297. The maximum absolute atomic E-state index is 12.2. The van der Waals surface area contributed by atoms with Gasteiger partial charge in [-0.05, 0) is 57.6 Å². The molecule has 0 N–H and O–H groups in total. The number of ether oxygens (including phenoxy) is 2. The Kier molecular flexibility index (Phi) is 5.49. The molecular weight excluding hydrogens is 342 g/mol. The molecule has 1 fully saturated rings. The maximum Gasteiger partial charge on any atom is 0.306 e. The Balaban J connectivity index is 1.76. The van der Waals surface area contributed by atoms with E-state index in [1.165, 1.54) is 0 Å². The van der Waals surface area contributed by atoms with Crippen LogP contribution in [0.3, 0.4) is 0 Å². The molecule has 1 aliphatic heterocycles. The van der Waals surface area contributed by atoms with Crippen LogP contribution in [0.25, 0.3) is 0 Å². The minimum Gasteiger partial charge on any atom is -0.460 e. The molecule has 1 unspecified atom stereocenters. The second-order valence-electron chi connectivity index (χ2n) is 7.74. The van der Waals surface area contributed by atoms with Crippen LogP contribution in [0.15, 0.2) is 0 Å². The molecule has 3 rings (SSSR count). The van der Waals surface area contributed by atoms with Crippen molar-refractivity contribution < 1.29 is 14.3 Å². The van der Waals surface area contributed by atoms with E-state index in [1.807, 2.05) is 20.8 Å². The first kappa shape index (κ1) is 18.4. The molecule has 138 valence electrons. The predicted molar refractivity (Wildman–Crippen MR) is 96.1 cm³/mol. The van der Waals surface area contributed by atoms with E-state index in [1.54, 1.807) is 0 Å². The molecule has 0 aromatic carbocycles. The Hall–Kier alpha value is -1.40. The number of aryl methyl sites for hydroxylation is 1. The van der Waals surface area contributed by atoms with E-state index in [2.05, 4.69) is 14.9 Å². The van der Waals surface area contributed by atoms with Crippen LogP contribution < -0.4 is 4.90 Å². The zero-order valence-electron chi connectivity index (χ0n) is 15.2. The Labute approximate surface area is 153 Å². The molecular formula is C18H26ClN3O3. The summed E-state index contributed by atoms with van der Waals surface area (Å²) >= 11 is 6.14. The second kappa shape index (κ2) is 7.46. The van der Waals surface area contributed by atoms with Crippen LogP contribution in [0.1, 0.15) is 44.9 Å². The smallest absolute Gasteiger partial charge is 0.306 e. The number of carbonyl (C=O) groups is 1. The van der Waals surface area contributed by atoms with Gasteiger partial charge in [-0.2, -0.15) is 0 Å². The highest BCUT2D eigenvalue weighted by Gasteiger charge is 2.29. The summed E-state index contributed by atoms with van der Waals surface area (Å²) < 4.78 is 10.9. The Morgan fingerprint density at radius 2 is 2.04 bits per heavy atom. The van der Waals surface area contributed by atoms with Gasteiger partial charge in [0.05, 0.1) is 18.9 Å². The van der Waals surface area contributed by atoms with Gasteiger partial charge in [-0.15, -0.1) is 0 Å². The summed E-state index contributed by atoms with van der Waals surface area (Å²) in [5.41, 5.74) is 1.70. The molecule has 2 heterocycles. The fourth-order valence-electron chi connectivity index (χ4n) is 3.47. The van der Waals surface area contributed by atoms with Crippen LogP contribution >= 0.6 is 11.6 Å². The number of halogens is 1. The molecule has 7 heteroatoms. The van der Waals surface area contributed by atoms with Crippen molar-refractivity contribution in [2.45, 2.75) is 52.1 Å². The third-order valence-corrected chi connectivity index (χ3v) is 4.68. The third-order valence-electron chi connectivity index (χ3n) is 4.51. The molecule has 1 aliphatic carbocycles. The van der Waals surface area contributed by atoms with Gasteiger partial charge in [0, 0.05) is 25.1 Å². The lowest BCUT2D eigenvalue weighted by atomic mass is 9.84. The standard InChI is InChI=1S/C18H26ClN3O3/c1-18(2,3)25-15(23)11-12-4-5-14-13(10-12)16(21-17(19)20-14)22-6-8-24-9-7-22/h12H,4-11H2,1-3H3. The largest absolute Gasteiger partial charge is 0.460 e. The van der Waals surface area contributed by atoms with Crippen molar-refractivity contribution in [2.75, 3.05) is 31.2 Å². The van der Waals surface area contributed by atoms with Crippen LogP contribution in [0.4, 0.5) is 5.82 Å². The highest BCUT2D eigenvalue weighted by atomic mass is 35.5. The molecule has 0 bridgehead atoms. The third kappa shape index (κ3) is 4.82. The predicted octanol–water partition coefficient (Wildman–Crippen LogP) is 2.80. The number of nitrogens with zero attached hydrogens (tertiary/aromatic N) is 3. The summed E-state index contributed by atoms with van der Waals surface area (Å²) in [6, 6.07) is 0. The van der Waals surface area contributed by atoms with E-state index in [9.17, 15) is 4.79 Å². The second-order valence-corrected chi connectivity index (χ2v) is 8.08. The van der Waals surface area contributed by atoms with Crippen LogP contribution in [0.2, 0.25) is 5.28 Å². The SMILES string of the molecule is CC(C)(C)OC(=O)CC1CCc2nc(Cl)nc(N3CCOCC3)c2C1. The fourth-order valence-corrected chi connectivity index (χ4v) is 3.65. The molecule has 1 atom stereocenters. The van der Waals surface area contributed by atoms with E-state index >= 15 is 0 Å². The van der Waals surface area contributed by atoms with Crippen molar-refractivity contribution in [1.29, 1.82) is 0 Å². The van der Waals surface area contributed by atoms with Crippen molar-refractivity contribution in [3.05, 3.63) is 16.5 Å². The number of morpholine rings is 1. The lowest BCUT2D eigenvalue weighted by molar-refractivity contribution is -0.156. The fraction of sp³-hybridized carbons (Fsp3) is 0.722. The first-order valence-corrected chi connectivity index (χ1v) is 9.29. The number of carbonyl (C=O) groups excluding carboxylic acids is 1. The number of esters is 1. The van der Waals surface area contributed by atoms with Crippen LogP contribution in [-0.2, 0) is 27.1 Å². The lowest BCUT2D eigenvalue weighted by Crippen LogP contribution is -2.38. The zero-order valence-corrected chi connectivity index (χ0v) is 15.9. The van der Waals surface area contributed by atoms with Crippen molar-refractivity contribution in [2.24, 2.45) is 5.92 Å². The summed E-state index contributed by atoms with van der Waals surface area (Å²) in [4.78, 5) is 23.3. The molecule has 0 spiro atoms. The van der Waals surface area contributed by atoms with E-state index in [-0.39, 0.29) is 11.9 Å². The first-order valence-electron chi connectivity index (χ1n) is 8.91. The van der Waals surface area contributed by atoms with E-state index < -0.39 is 5.60 Å². The molecule has 1 saturated heterocycles. The molecule has 6 nitrogen and oxygen atoms in total. The first-order chi connectivity index (χ1) is 11.8. The highest BCUT2D eigenvalue weighted by molar-refractivity contribution is 6.28. The van der Waals surface area contributed by atoms with Gasteiger partial charge in [0.2, 0.25) is 5.28 Å². The Morgan fingerprint density at radius 3 is 2.72 bits per heavy atom. The summed E-state index contributed by atoms with van der Waals surface area (Å²) in [6.45, 7) is 8.68. The average molecular weight is 368 g/mol. The molecule has 25 heavy (non-hydrogen) atoms. The lowest BCUT2D eigenvalue weighted by Gasteiger charge is -2.33. The van der Waals surface area contributed by atoms with Gasteiger partial charge in [-0.1, -0.05) is 0 Å². The zero-order chi connectivity index (χ0) is 18.0. The van der Waals surface area contributed by atoms with Crippen LogP contribution in [-0.4, -0.2) is 47.8 Å². The number of hydrogen-bond donors (Lipinski definition) is 0. The average Bonchev–Trinajstić information content (AvgIpc) is 2.53. The molecule has 0 amide bonds. The number of anilines is 1. The quantitative estimate of drug-likeness (QED) is 0.604. The monoisotopic (exact) mass is 367 g/mol. The number of fused-ring (bicyclic) bond motifs is 1. The summed E-state index contributed by atoms with van der Waals surface area (Å²) in [6.07, 6.45) is 2.96. The minimum absolute atomic E-state index is 0.135. The van der Waals surface area contributed by atoms with Crippen molar-refractivity contribution >= 4 is 23.4 Å². The Bertz CT molecular complexity index is 639. The van der Waals surface area contributed by atoms with Gasteiger partial charge in [0.25, 0.3) is 0 Å². The van der Waals surface area contributed by atoms with Gasteiger partial charge in [-0.3, -0.25) is 4.79 Å². The molecule has 0 radical (unpaired) electrons. The van der Waals surface area contributed by atoms with E-state index in [0.717, 1.165) is 49.4 Å². The normalized spacial score (nSPS) is 21.0. The van der Waals surface area contributed by atoms with Gasteiger partial charge in [-0.25, -0.2) is 9.97 Å². The van der Waals surface area contributed by atoms with E-state index in [0.29, 0.717) is 24.9 Å². The maximum atomic E-state index is 12.2. The van der Waals surface area contributed by atoms with Crippen molar-refractivity contribution in [3.8, 4) is 0 Å². The minimum atomic E-state index is -0.445.